The summed E-state index contributed by atoms with van der Waals surface area (Å²) in [7, 11) is 0. The fraction of sp³-hybridized carbons (Fsp3) is 0.931. The van der Waals surface area contributed by atoms with Crippen molar-refractivity contribution in [1.29, 1.82) is 0 Å². The quantitative estimate of drug-likeness (QED) is 0.0171. The number of unbranched alkanes of at least 4 members (excludes halogenated alkanes) is 32. The van der Waals surface area contributed by atoms with Crippen molar-refractivity contribution in [2.75, 3.05) is 26.4 Å². The number of ether oxygens (including phenoxy) is 6. The average Bonchev–Trinajstić information content (AvgIpc) is 3.38. The summed E-state index contributed by atoms with van der Waals surface area (Å²) in [6, 6.07) is 0. The molecule has 0 aromatic heterocycles. The molecule has 0 aliphatic carbocycles. The summed E-state index contributed by atoms with van der Waals surface area (Å²) in [4.78, 5) is 25.9. The van der Waals surface area contributed by atoms with Crippen LogP contribution in [0.15, 0.2) is 12.2 Å². The van der Waals surface area contributed by atoms with Gasteiger partial charge in [0, 0.05) is 12.8 Å². The number of aliphatic hydroxyl groups is 7. The van der Waals surface area contributed by atoms with Crippen molar-refractivity contribution in [3.63, 3.8) is 0 Å². The van der Waals surface area contributed by atoms with Crippen molar-refractivity contribution in [3.8, 4) is 0 Å². The normalized spacial score (nSPS) is 24.8. The molecule has 2 rings (SSSR count). The van der Waals surface area contributed by atoms with Crippen LogP contribution in [-0.4, -0.2) is 142 Å². The largest absolute Gasteiger partial charge is 0.462 e. The molecule has 2 aliphatic rings. The molecule has 7 N–H and O–H groups in total. The molecule has 2 heterocycles. The number of hydrogen-bond acceptors (Lipinski definition) is 15. The van der Waals surface area contributed by atoms with Crippen LogP contribution in [-0.2, 0) is 38.0 Å². The van der Waals surface area contributed by atoms with E-state index in [9.17, 15) is 45.3 Å². The standard InChI is InChI=1S/C58H108O15/c1-3-5-7-9-11-13-15-17-19-21-22-23-24-25-27-28-30-32-34-36-38-40-49(60)68-43-46(71-50(61)41-39-37-35-33-31-29-26-20-18-16-14-12-10-8-6-4-2)44-69-57-56(67)54(65)52(63)48(73-57)45-70-58-55(66)53(64)51(62)47(42-59)72-58/h20,26,46-48,51-59,62-67H,3-19,21-25,27-45H2,1-2H3/b26-20-. The van der Waals surface area contributed by atoms with E-state index in [-0.39, 0.29) is 26.1 Å². The first kappa shape index (κ1) is 67.3. The van der Waals surface area contributed by atoms with Gasteiger partial charge in [-0.3, -0.25) is 9.59 Å². The van der Waals surface area contributed by atoms with Gasteiger partial charge in [0.05, 0.1) is 19.8 Å². The zero-order valence-corrected chi connectivity index (χ0v) is 45.9. The summed E-state index contributed by atoms with van der Waals surface area (Å²) in [6.45, 7) is 2.63. The lowest BCUT2D eigenvalue weighted by molar-refractivity contribution is -0.332. The molecule has 0 bridgehead atoms. The van der Waals surface area contributed by atoms with Crippen molar-refractivity contribution >= 4 is 11.9 Å². The second-order valence-electron chi connectivity index (χ2n) is 21.2. The molecular weight excluding hydrogens is 937 g/mol. The third-order valence-corrected chi connectivity index (χ3v) is 14.5. The monoisotopic (exact) mass is 1040 g/mol. The number of carbonyl (C=O) groups excluding carboxylic acids is 2. The SMILES string of the molecule is CCCCCCCCC/C=C\CCCCCCCC(=O)OC(COC(=O)CCCCCCCCCCCCCCCCCCCCCCC)COC1OC(COC2OC(CO)C(O)C(O)C2O)C(O)C(O)C1O. The molecule has 0 radical (unpaired) electrons. The van der Waals surface area contributed by atoms with E-state index in [1.165, 1.54) is 154 Å². The van der Waals surface area contributed by atoms with Crippen LogP contribution in [0.1, 0.15) is 251 Å². The highest BCUT2D eigenvalue weighted by Gasteiger charge is 2.47. The molecule has 2 aliphatic heterocycles. The molecule has 0 aromatic rings. The van der Waals surface area contributed by atoms with Crippen LogP contribution in [0.3, 0.4) is 0 Å². The van der Waals surface area contributed by atoms with Crippen molar-refractivity contribution in [2.45, 2.75) is 319 Å². The lowest BCUT2D eigenvalue weighted by Gasteiger charge is -2.42. The van der Waals surface area contributed by atoms with Crippen LogP contribution in [0, 0.1) is 0 Å². The summed E-state index contributed by atoms with van der Waals surface area (Å²) in [6.07, 6.45) is 30.9. The summed E-state index contributed by atoms with van der Waals surface area (Å²) in [5.41, 5.74) is 0. The summed E-state index contributed by atoms with van der Waals surface area (Å²) in [5.74, 6) is -0.918. The Bertz CT molecular complexity index is 1320. The van der Waals surface area contributed by atoms with Gasteiger partial charge in [-0.15, -0.1) is 0 Å². The highest BCUT2D eigenvalue weighted by molar-refractivity contribution is 5.70. The Morgan fingerprint density at radius 3 is 1.21 bits per heavy atom. The minimum absolute atomic E-state index is 0.160. The van der Waals surface area contributed by atoms with Crippen molar-refractivity contribution < 1.29 is 73.8 Å². The van der Waals surface area contributed by atoms with Crippen molar-refractivity contribution in [1.82, 2.24) is 0 Å². The molecule has 15 heteroatoms. The first-order valence-electron chi connectivity index (χ1n) is 29.8. The molecule has 0 saturated carbocycles. The van der Waals surface area contributed by atoms with Crippen LogP contribution >= 0.6 is 0 Å². The van der Waals surface area contributed by atoms with Gasteiger partial charge in [-0.25, -0.2) is 0 Å². The predicted molar refractivity (Wildman–Crippen MR) is 285 cm³/mol. The Morgan fingerprint density at radius 1 is 0.425 bits per heavy atom. The molecule has 11 unspecified atom stereocenters. The van der Waals surface area contributed by atoms with Crippen LogP contribution in [0.4, 0.5) is 0 Å². The number of carbonyl (C=O) groups is 2. The van der Waals surface area contributed by atoms with Gasteiger partial charge in [-0.05, 0) is 38.5 Å². The van der Waals surface area contributed by atoms with E-state index in [2.05, 4.69) is 26.0 Å². The van der Waals surface area contributed by atoms with Gasteiger partial charge in [-0.2, -0.15) is 0 Å². The minimum Gasteiger partial charge on any atom is -0.462 e. The predicted octanol–water partition coefficient (Wildman–Crippen LogP) is 10.1. The molecule has 430 valence electrons. The Labute approximate surface area is 441 Å². The van der Waals surface area contributed by atoms with Crippen LogP contribution in [0.2, 0.25) is 0 Å². The number of esters is 2. The first-order valence-corrected chi connectivity index (χ1v) is 29.8. The van der Waals surface area contributed by atoms with Gasteiger partial charge in [-0.1, -0.05) is 212 Å². The zero-order valence-electron chi connectivity index (χ0n) is 45.9. The Hall–Kier alpha value is -1.76. The second kappa shape index (κ2) is 45.3. The van der Waals surface area contributed by atoms with Crippen LogP contribution in [0.25, 0.3) is 0 Å². The molecule has 15 nitrogen and oxygen atoms in total. The van der Waals surface area contributed by atoms with Crippen molar-refractivity contribution in [2.24, 2.45) is 0 Å². The minimum atomic E-state index is -1.76. The first-order chi connectivity index (χ1) is 35.5. The van der Waals surface area contributed by atoms with E-state index in [1.807, 2.05) is 0 Å². The topological polar surface area (TPSA) is 231 Å². The second-order valence-corrected chi connectivity index (χ2v) is 21.2. The fourth-order valence-corrected chi connectivity index (χ4v) is 9.63. The Morgan fingerprint density at radius 2 is 0.781 bits per heavy atom. The fourth-order valence-electron chi connectivity index (χ4n) is 9.63. The van der Waals surface area contributed by atoms with E-state index in [1.54, 1.807) is 0 Å². The summed E-state index contributed by atoms with van der Waals surface area (Å²) >= 11 is 0. The van der Waals surface area contributed by atoms with E-state index in [0.29, 0.717) is 12.8 Å². The van der Waals surface area contributed by atoms with Gasteiger partial charge in [0.1, 0.15) is 55.4 Å². The number of rotatable bonds is 48. The van der Waals surface area contributed by atoms with E-state index in [0.717, 1.165) is 57.8 Å². The van der Waals surface area contributed by atoms with Crippen molar-refractivity contribution in [3.05, 3.63) is 12.2 Å². The van der Waals surface area contributed by atoms with Gasteiger partial charge >= 0.3 is 11.9 Å². The Kier molecular flexibility index (Phi) is 41.8. The molecule has 73 heavy (non-hydrogen) atoms. The molecule has 0 spiro atoms. The van der Waals surface area contributed by atoms with Gasteiger partial charge < -0.3 is 64.2 Å². The summed E-state index contributed by atoms with van der Waals surface area (Å²) in [5, 5.41) is 72.3. The van der Waals surface area contributed by atoms with Crippen LogP contribution < -0.4 is 0 Å². The highest BCUT2D eigenvalue weighted by Crippen LogP contribution is 2.27. The highest BCUT2D eigenvalue weighted by atomic mass is 16.7. The lowest BCUT2D eigenvalue weighted by atomic mass is 9.98. The molecular formula is C58H108O15. The zero-order chi connectivity index (χ0) is 53.2. The van der Waals surface area contributed by atoms with E-state index < -0.39 is 92.7 Å². The Balaban J connectivity index is 1.73. The molecule has 11 atom stereocenters. The molecule has 0 aromatic carbocycles. The third kappa shape index (κ3) is 32.6. The van der Waals surface area contributed by atoms with Gasteiger partial charge in [0.15, 0.2) is 18.7 Å². The maximum Gasteiger partial charge on any atom is 0.306 e. The van der Waals surface area contributed by atoms with E-state index >= 15 is 0 Å². The van der Waals surface area contributed by atoms with Crippen LogP contribution in [0.5, 0.6) is 0 Å². The number of allylic oxidation sites excluding steroid dienone is 2. The number of aliphatic hydroxyl groups excluding tert-OH is 7. The maximum atomic E-state index is 13.1. The smallest absolute Gasteiger partial charge is 0.306 e. The molecule has 0 amide bonds. The average molecular weight is 1050 g/mol. The van der Waals surface area contributed by atoms with Gasteiger partial charge in [0.25, 0.3) is 0 Å². The third-order valence-electron chi connectivity index (χ3n) is 14.5. The number of hydrogen-bond donors (Lipinski definition) is 7. The van der Waals surface area contributed by atoms with Gasteiger partial charge in [0.2, 0.25) is 0 Å². The molecule has 2 fully saturated rings. The summed E-state index contributed by atoms with van der Waals surface area (Å²) < 4.78 is 33.7. The molecule has 2 saturated heterocycles. The maximum absolute atomic E-state index is 13.1. The van der Waals surface area contributed by atoms with E-state index in [4.69, 9.17) is 28.4 Å². The lowest BCUT2D eigenvalue weighted by Crippen LogP contribution is -2.61.